The fraction of sp³-hybridized carbons (Fsp3) is 0.133. The third-order valence-corrected chi connectivity index (χ3v) is 2.31. The van der Waals surface area contributed by atoms with Crippen molar-refractivity contribution in [3.05, 3.63) is 53.2 Å². The summed E-state index contributed by atoms with van der Waals surface area (Å²) in [6.07, 6.45) is 11.6. The standard InChI is InChI=1S/C15H17N/c1-5-9-10-15-13(7-3)11-12(6-2)14(8-4)16-15/h5-11H,2,4H2,1,3H3/b9-5-,13-7-,15-10+. The lowest BCUT2D eigenvalue weighted by Crippen LogP contribution is -2.29. The van der Waals surface area contributed by atoms with E-state index >= 15 is 0 Å². The van der Waals surface area contributed by atoms with Gasteiger partial charge in [-0.2, -0.15) is 0 Å². The van der Waals surface area contributed by atoms with Gasteiger partial charge in [-0.15, -0.1) is 0 Å². The fourth-order valence-corrected chi connectivity index (χ4v) is 1.45. The summed E-state index contributed by atoms with van der Waals surface area (Å²) in [5.74, 6) is 0. The van der Waals surface area contributed by atoms with E-state index in [1.54, 1.807) is 12.2 Å². The van der Waals surface area contributed by atoms with E-state index in [1.165, 1.54) is 0 Å². The molecule has 82 valence electrons. The summed E-state index contributed by atoms with van der Waals surface area (Å²) in [5.41, 5.74) is 1.89. The molecule has 0 atom stereocenters. The number of rotatable bonds is 3. The highest BCUT2D eigenvalue weighted by atomic mass is 14.7. The highest BCUT2D eigenvalue weighted by Crippen LogP contribution is 2.03. The molecule has 16 heavy (non-hydrogen) atoms. The summed E-state index contributed by atoms with van der Waals surface area (Å²) in [4.78, 5) is 4.54. The molecule has 1 rings (SSSR count). The van der Waals surface area contributed by atoms with E-state index < -0.39 is 0 Å². The molecular formula is C15H17N. The molecule has 0 fully saturated rings. The Morgan fingerprint density at radius 3 is 2.44 bits per heavy atom. The predicted octanol–water partition coefficient (Wildman–Crippen LogP) is 2.52. The molecule has 1 aromatic heterocycles. The third kappa shape index (κ3) is 2.57. The second kappa shape index (κ2) is 5.86. The monoisotopic (exact) mass is 211 g/mol. The van der Waals surface area contributed by atoms with Gasteiger partial charge in [-0.3, -0.25) is 0 Å². The van der Waals surface area contributed by atoms with Crippen molar-refractivity contribution in [2.45, 2.75) is 13.8 Å². The minimum absolute atomic E-state index is 0.872. The number of hydrogen-bond donors (Lipinski definition) is 0. The smallest absolute Gasteiger partial charge is 0.0706 e. The van der Waals surface area contributed by atoms with Crippen LogP contribution in [-0.4, -0.2) is 4.98 Å². The molecule has 0 aliphatic rings. The third-order valence-electron chi connectivity index (χ3n) is 2.31. The van der Waals surface area contributed by atoms with Crippen LogP contribution in [0.5, 0.6) is 0 Å². The summed E-state index contributed by atoms with van der Waals surface area (Å²) >= 11 is 0. The molecular weight excluding hydrogens is 194 g/mol. The Morgan fingerprint density at radius 2 is 1.94 bits per heavy atom. The topological polar surface area (TPSA) is 12.9 Å². The zero-order valence-corrected chi connectivity index (χ0v) is 9.90. The number of hydrogen-bond acceptors (Lipinski definition) is 1. The van der Waals surface area contributed by atoms with E-state index in [1.807, 2.05) is 38.2 Å². The molecule has 1 nitrogen and oxygen atoms in total. The SMILES string of the molecule is C=Cc1cc(=C/C)/c(=C\C=C/C)nc1C=C. The van der Waals surface area contributed by atoms with Gasteiger partial charge in [-0.05, 0) is 37.3 Å². The van der Waals surface area contributed by atoms with Crippen molar-refractivity contribution in [1.29, 1.82) is 0 Å². The van der Waals surface area contributed by atoms with Gasteiger partial charge in [0.05, 0.1) is 11.0 Å². The molecule has 0 saturated carbocycles. The van der Waals surface area contributed by atoms with Crippen LogP contribution >= 0.6 is 0 Å². The van der Waals surface area contributed by atoms with Crippen LogP contribution in [0.3, 0.4) is 0 Å². The molecule has 1 aromatic rings. The van der Waals surface area contributed by atoms with Gasteiger partial charge in [0.1, 0.15) is 0 Å². The summed E-state index contributed by atoms with van der Waals surface area (Å²) in [5, 5.41) is 2.07. The van der Waals surface area contributed by atoms with Crippen molar-refractivity contribution < 1.29 is 0 Å². The van der Waals surface area contributed by atoms with Crippen molar-refractivity contribution >= 4 is 24.3 Å². The molecule has 0 amide bonds. The average molecular weight is 211 g/mol. The normalized spacial score (nSPS) is 13.4. The quantitative estimate of drug-likeness (QED) is 0.748. The number of aromatic nitrogens is 1. The summed E-state index contributed by atoms with van der Waals surface area (Å²) < 4.78 is 0. The number of nitrogens with zero attached hydrogens (tertiary/aromatic N) is 1. The summed E-state index contributed by atoms with van der Waals surface area (Å²) in [7, 11) is 0. The average Bonchev–Trinajstić information content (AvgIpc) is 2.35. The van der Waals surface area contributed by atoms with Crippen LogP contribution in [0.4, 0.5) is 0 Å². The van der Waals surface area contributed by atoms with E-state index in [0.717, 1.165) is 21.8 Å². The van der Waals surface area contributed by atoms with Crippen molar-refractivity contribution in [2.75, 3.05) is 0 Å². The molecule has 0 aliphatic carbocycles. The first-order valence-corrected chi connectivity index (χ1v) is 5.32. The first-order chi connectivity index (χ1) is 7.76. The molecule has 0 aliphatic heterocycles. The van der Waals surface area contributed by atoms with Crippen LogP contribution in [0.2, 0.25) is 0 Å². The van der Waals surface area contributed by atoms with Crippen molar-refractivity contribution in [1.82, 2.24) is 4.98 Å². The van der Waals surface area contributed by atoms with Crippen LogP contribution in [0.1, 0.15) is 25.1 Å². The van der Waals surface area contributed by atoms with E-state index in [9.17, 15) is 0 Å². The van der Waals surface area contributed by atoms with Crippen molar-refractivity contribution in [3.8, 4) is 0 Å². The predicted molar refractivity (Wildman–Crippen MR) is 73.1 cm³/mol. The van der Waals surface area contributed by atoms with Crippen molar-refractivity contribution in [3.63, 3.8) is 0 Å². The second-order valence-corrected chi connectivity index (χ2v) is 3.33. The van der Waals surface area contributed by atoms with Crippen LogP contribution in [-0.2, 0) is 0 Å². The largest absolute Gasteiger partial charge is 0.248 e. The zero-order valence-electron chi connectivity index (χ0n) is 9.90. The van der Waals surface area contributed by atoms with Crippen LogP contribution in [0.15, 0.2) is 31.4 Å². The number of pyridine rings is 1. The van der Waals surface area contributed by atoms with E-state index in [2.05, 4.69) is 24.2 Å². The van der Waals surface area contributed by atoms with Gasteiger partial charge in [0.2, 0.25) is 0 Å². The molecule has 0 unspecified atom stereocenters. The zero-order chi connectivity index (χ0) is 12.0. The molecule has 1 heterocycles. The van der Waals surface area contributed by atoms with Gasteiger partial charge >= 0.3 is 0 Å². The summed E-state index contributed by atoms with van der Waals surface area (Å²) in [6, 6.07) is 2.08. The minimum atomic E-state index is 0.872. The fourth-order valence-electron chi connectivity index (χ4n) is 1.45. The van der Waals surface area contributed by atoms with Crippen LogP contribution in [0.25, 0.3) is 24.3 Å². The van der Waals surface area contributed by atoms with E-state index in [4.69, 9.17) is 0 Å². The number of allylic oxidation sites excluding steroid dienone is 2. The first kappa shape index (κ1) is 12.2. The van der Waals surface area contributed by atoms with Gasteiger partial charge < -0.3 is 0 Å². The molecule has 0 radical (unpaired) electrons. The van der Waals surface area contributed by atoms with Crippen LogP contribution in [0, 0.1) is 0 Å². The summed E-state index contributed by atoms with van der Waals surface area (Å²) in [6.45, 7) is 11.5. The van der Waals surface area contributed by atoms with E-state index in [0.29, 0.717) is 0 Å². The van der Waals surface area contributed by atoms with Gasteiger partial charge in [0.25, 0.3) is 0 Å². The Bertz CT molecular complexity index is 533. The maximum atomic E-state index is 4.54. The molecule has 0 bridgehead atoms. The van der Waals surface area contributed by atoms with Crippen molar-refractivity contribution in [2.24, 2.45) is 0 Å². The molecule has 1 heteroatoms. The lowest BCUT2D eigenvalue weighted by Gasteiger charge is -2.00. The van der Waals surface area contributed by atoms with Gasteiger partial charge in [0.15, 0.2) is 0 Å². The maximum Gasteiger partial charge on any atom is 0.0706 e. The van der Waals surface area contributed by atoms with E-state index in [-0.39, 0.29) is 0 Å². The molecule has 0 N–H and O–H groups in total. The minimum Gasteiger partial charge on any atom is -0.248 e. The van der Waals surface area contributed by atoms with Gasteiger partial charge in [-0.1, -0.05) is 37.5 Å². The lowest BCUT2D eigenvalue weighted by molar-refractivity contribution is 1.19. The van der Waals surface area contributed by atoms with Gasteiger partial charge in [-0.25, -0.2) is 4.98 Å². The van der Waals surface area contributed by atoms with Gasteiger partial charge in [0, 0.05) is 5.56 Å². The Balaban J connectivity index is 3.63. The Hall–Kier alpha value is -1.89. The first-order valence-electron chi connectivity index (χ1n) is 5.32. The highest BCUT2D eigenvalue weighted by Gasteiger charge is 1.97. The van der Waals surface area contributed by atoms with Crippen LogP contribution < -0.4 is 10.6 Å². The maximum absolute atomic E-state index is 4.54. The molecule has 0 aromatic carbocycles. The second-order valence-electron chi connectivity index (χ2n) is 3.33. The Morgan fingerprint density at radius 1 is 1.19 bits per heavy atom. The molecule has 0 spiro atoms. The Kier molecular flexibility index (Phi) is 4.46. The lowest BCUT2D eigenvalue weighted by atomic mass is 10.1. The molecule has 0 saturated heterocycles. The highest BCUT2D eigenvalue weighted by molar-refractivity contribution is 5.61. The Labute approximate surface area is 96.9 Å².